The molecule has 1 atom stereocenters. The van der Waals surface area contributed by atoms with Crippen molar-refractivity contribution in [1.82, 2.24) is 10.2 Å². The number of benzene rings is 1. The van der Waals surface area contributed by atoms with Gasteiger partial charge in [0.1, 0.15) is 5.75 Å². The normalized spacial score (nSPS) is 12.7. The van der Waals surface area contributed by atoms with E-state index in [-0.39, 0.29) is 11.0 Å². The molecule has 0 aliphatic rings. The molecule has 0 N–H and O–H groups in total. The van der Waals surface area contributed by atoms with Gasteiger partial charge >= 0.3 is 6.61 Å². The fraction of sp³-hybridized carbons (Fsp3) is 0.385. The van der Waals surface area contributed by atoms with E-state index in [2.05, 4.69) is 14.9 Å². The van der Waals surface area contributed by atoms with Gasteiger partial charge in [-0.3, -0.25) is 0 Å². The Balaban J connectivity index is 1.90. The second kappa shape index (κ2) is 6.69. The van der Waals surface area contributed by atoms with Gasteiger partial charge in [-0.2, -0.15) is 8.78 Å². The van der Waals surface area contributed by atoms with Crippen LogP contribution in [0.5, 0.6) is 5.75 Å². The van der Waals surface area contributed by atoms with Gasteiger partial charge in [-0.15, -0.1) is 22.0 Å². The lowest BCUT2D eigenvalue weighted by molar-refractivity contribution is -0.0498. The molecule has 1 heterocycles. The zero-order chi connectivity index (χ0) is 14.5. The predicted octanol–water partition coefficient (Wildman–Crippen LogP) is 3.97. The molecule has 0 unspecified atom stereocenters. The number of nitrogens with zero attached hydrogens (tertiary/aromatic N) is 2. The molecule has 7 heteroatoms. The summed E-state index contributed by atoms with van der Waals surface area (Å²) in [4.78, 5) is 0. The fourth-order valence-electron chi connectivity index (χ4n) is 1.61. The first-order valence-corrected chi connectivity index (χ1v) is 7.05. The molecule has 0 saturated heterocycles. The minimum Gasteiger partial charge on any atom is -0.435 e. The van der Waals surface area contributed by atoms with E-state index < -0.39 is 6.61 Å². The van der Waals surface area contributed by atoms with Gasteiger partial charge in [0.2, 0.25) is 11.8 Å². The summed E-state index contributed by atoms with van der Waals surface area (Å²) in [5.41, 5.74) is 1.02. The minimum absolute atomic E-state index is 0.161. The van der Waals surface area contributed by atoms with E-state index in [1.54, 1.807) is 30.8 Å². The maximum Gasteiger partial charge on any atom is 0.387 e. The molecule has 1 aromatic heterocycles. The molecule has 108 valence electrons. The summed E-state index contributed by atoms with van der Waals surface area (Å²) in [7, 11) is 0. The molecule has 0 amide bonds. The van der Waals surface area contributed by atoms with E-state index in [0.29, 0.717) is 17.5 Å². The number of thioether (sulfide) groups is 1. The highest BCUT2D eigenvalue weighted by atomic mass is 32.2. The maximum absolute atomic E-state index is 12.0. The quantitative estimate of drug-likeness (QED) is 0.807. The summed E-state index contributed by atoms with van der Waals surface area (Å²) in [6.07, 6.45) is 0. The Labute approximate surface area is 119 Å². The minimum atomic E-state index is -2.80. The highest BCUT2D eigenvalue weighted by Crippen LogP contribution is 2.31. The topological polar surface area (TPSA) is 48.2 Å². The summed E-state index contributed by atoms with van der Waals surface area (Å²) in [6, 6.07) is 6.62. The zero-order valence-corrected chi connectivity index (χ0v) is 11.9. The molecule has 4 nitrogen and oxygen atoms in total. The molecular formula is C13H14F2N2O2S. The molecule has 2 rings (SSSR count). The van der Waals surface area contributed by atoms with Crippen LogP contribution in [0, 0.1) is 6.92 Å². The van der Waals surface area contributed by atoms with E-state index in [1.807, 2.05) is 6.92 Å². The van der Waals surface area contributed by atoms with Crippen molar-refractivity contribution in [3.63, 3.8) is 0 Å². The summed E-state index contributed by atoms with van der Waals surface area (Å²) in [5.74, 6) is 1.89. The maximum atomic E-state index is 12.0. The number of hydrogen-bond donors (Lipinski definition) is 0. The Kier molecular flexibility index (Phi) is 4.94. The lowest BCUT2D eigenvalue weighted by atomic mass is 10.2. The molecule has 20 heavy (non-hydrogen) atoms. The van der Waals surface area contributed by atoms with Gasteiger partial charge < -0.3 is 9.15 Å². The monoisotopic (exact) mass is 300 g/mol. The SMILES string of the molecule is Cc1nnc(CS[C@@H](C)c2ccc(OC(F)F)cc2)o1. The van der Waals surface area contributed by atoms with Crippen LogP contribution in [0.2, 0.25) is 0 Å². The highest BCUT2D eigenvalue weighted by molar-refractivity contribution is 7.98. The average molecular weight is 300 g/mol. The van der Waals surface area contributed by atoms with Crippen molar-refractivity contribution in [2.75, 3.05) is 0 Å². The number of alkyl halides is 2. The molecule has 0 aliphatic carbocycles. The van der Waals surface area contributed by atoms with Crippen molar-refractivity contribution in [3.05, 3.63) is 41.6 Å². The summed E-state index contributed by atoms with van der Waals surface area (Å²) in [5, 5.41) is 7.86. The lowest BCUT2D eigenvalue weighted by Crippen LogP contribution is -2.01. The van der Waals surface area contributed by atoms with E-state index in [0.717, 1.165) is 5.56 Å². The van der Waals surface area contributed by atoms with Crippen molar-refractivity contribution in [1.29, 1.82) is 0 Å². The van der Waals surface area contributed by atoms with Gasteiger partial charge in [0.05, 0.1) is 5.75 Å². The summed E-state index contributed by atoms with van der Waals surface area (Å²) < 4.78 is 33.7. The van der Waals surface area contributed by atoms with Gasteiger partial charge in [-0.1, -0.05) is 12.1 Å². The number of halogens is 2. The molecule has 0 saturated carbocycles. The fourth-order valence-corrected chi connectivity index (χ4v) is 2.47. The third-order valence-electron chi connectivity index (χ3n) is 2.60. The molecule has 0 fully saturated rings. The first kappa shape index (κ1) is 14.8. The predicted molar refractivity (Wildman–Crippen MR) is 71.8 cm³/mol. The van der Waals surface area contributed by atoms with Gasteiger partial charge in [-0.25, -0.2) is 0 Å². The van der Waals surface area contributed by atoms with Crippen molar-refractivity contribution < 1.29 is 17.9 Å². The van der Waals surface area contributed by atoms with Crippen LogP contribution in [-0.2, 0) is 5.75 Å². The Morgan fingerprint density at radius 3 is 2.50 bits per heavy atom. The molecule has 1 aromatic carbocycles. The van der Waals surface area contributed by atoms with Crippen LogP contribution in [0.4, 0.5) is 8.78 Å². The Morgan fingerprint density at radius 2 is 1.95 bits per heavy atom. The van der Waals surface area contributed by atoms with Crippen molar-refractivity contribution >= 4 is 11.8 Å². The highest BCUT2D eigenvalue weighted by Gasteiger charge is 2.10. The van der Waals surface area contributed by atoms with E-state index >= 15 is 0 Å². The zero-order valence-electron chi connectivity index (χ0n) is 11.0. The van der Waals surface area contributed by atoms with Crippen LogP contribution in [0.25, 0.3) is 0 Å². The number of hydrogen-bond acceptors (Lipinski definition) is 5. The number of aromatic nitrogens is 2. The van der Waals surface area contributed by atoms with Crippen LogP contribution in [0.1, 0.15) is 29.5 Å². The number of ether oxygens (including phenoxy) is 1. The van der Waals surface area contributed by atoms with Gasteiger partial charge in [0.25, 0.3) is 0 Å². The summed E-state index contributed by atoms with van der Waals surface area (Å²) in [6.45, 7) is 0.969. The van der Waals surface area contributed by atoms with Crippen molar-refractivity contribution in [2.45, 2.75) is 31.5 Å². The van der Waals surface area contributed by atoms with Crippen LogP contribution in [0.15, 0.2) is 28.7 Å². The molecule has 2 aromatic rings. The first-order valence-electron chi connectivity index (χ1n) is 6.00. The third kappa shape index (κ3) is 4.19. The van der Waals surface area contributed by atoms with Crippen LogP contribution < -0.4 is 4.74 Å². The average Bonchev–Trinajstić information content (AvgIpc) is 2.82. The first-order chi connectivity index (χ1) is 9.54. The smallest absolute Gasteiger partial charge is 0.387 e. The molecule has 0 aliphatic heterocycles. The second-order valence-electron chi connectivity index (χ2n) is 4.12. The van der Waals surface area contributed by atoms with Gasteiger partial charge in [-0.05, 0) is 24.6 Å². The second-order valence-corrected chi connectivity index (χ2v) is 5.44. The third-order valence-corrected chi connectivity index (χ3v) is 3.79. The molecule has 0 bridgehead atoms. The van der Waals surface area contributed by atoms with Crippen LogP contribution in [0.3, 0.4) is 0 Å². The van der Waals surface area contributed by atoms with E-state index in [4.69, 9.17) is 4.42 Å². The number of aryl methyl sites for hydroxylation is 1. The molecular weight excluding hydrogens is 286 g/mol. The number of rotatable bonds is 6. The lowest BCUT2D eigenvalue weighted by Gasteiger charge is -2.11. The standard InChI is InChI=1S/C13H14F2N2O2S/c1-8(20-7-12-17-16-9(2)18-12)10-3-5-11(6-4-10)19-13(14)15/h3-6,8,13H,7H2,1-2H3/t8-/m0/s1. The Bertz CT molecular complexity index is 546. The molecule has 0 radical (unpaired) electrons. The van der Waals surface area contributed by atoms with Crippen LogP contribution in [-0.4, -0.2) is 16.8 Å². The summed E-state index contributed by atoms with van der Waals surface area (Å²) >= 11 is 1.63. The van der Waals surface area contributed by atoms with E-state index in [9.17, 15) is 8.78 Å². The van der Waals surface area contributed by atoms with Gasteiger partial charge in [0, 0.05) is 12.2 Å². The van der Waals surface area contributed by atoms with Crippen molar-refractivity contribution in [3.8, 4) is 5.75 Å². The van der Waals surface area contributed by atoms with E-state index in [1.165, 1.54) is 12.1 Å². The Hall–Kier alpha value is -1.63. The Morgan fingerprint density at radius 1 is 1.25 bits per heavy atom. The molecule has 0 spiro atoms. The van der Waals surface area contributed by atoms with Crippen LogP contribution >= 0.6 is 11.8 Å². The van der Waals surface area contributed by atoms with Gasteiger partial charge in [0.15, 0.2) is 0 Å². The van der Waals surface area contributed by atoms with Crippen molar-refractivity contribution in [2.24, 2.45) is 0 Å². The largest absolute Gasteiger partial charge is 0.435 e.